The Morgan fingerprint density at radius 3 is 2.58 bits per heavy atom. The third-order valence-electron chi connectivity index (χ3n) is 2.84. The molecule has 0 aliphatic heterocycles. The molecule has 0 saturated heterocycles. The molecule has 1 aromatic rings. The SMILES string of the molecule is CCC(C)(O)CNS(=O)(=O)c1ccc(OC)c(Cl)c1. The molecule has 0 bridgehead atoms. The number of aliphatic hydroxyl groups is 1. The maximum absolute atomic E-state index is 12.0. The predicted molar refractivity (Wildman–Crippen MR) is 74.1 cm³/mol. The summed E-state index contributed by atoms with van der Waals surface area (Å²) in [6.07, 6.45) is 0.443. The summed E-state index contributed by atoms with van der Waals surface area (Å²) in [6, 6.07) is 4.19. The second-order valence-corrected chi connectivity index (χ2v) is 6.65. The highest BCUT2D eigenvalue weighted by atomic mass is 35.5. The van der Waals surface area contributed by atoms with Gasteiger partial charge in [-0.1, -0.05) is 18.5 Å². The zero-order chi connectivity index (χ0) is 14.7. The van der Waals surface area contributed by atoms with E-state index < -0.39 is 15.6 Å². The molecule has 1 atom stereocenters. The van der Waals surface area contributed by atoms with Crippen LogP contribution >= 0.6 is 11.6 Å². The molecular weight excluding hydrogens is 290 g/mol. The van der Waals surface area contributed by atoms with Crippen molar-refractivity contribution in [2.45, 2.75) is 30.8 Å². The first kappa shape index (κ1) is 16.2. The lowest BCUT2D eigenvalue weighted by atomic mass is 10.1. The van der Waals surface area contributed by atoms with Gasteiger partial charge in [0.1, 0.15) is 5.75 Å². The highest BCUT2D eigenvalue weighted by Gasteiger charge is 2.22. The molecule has 0 fully saturated rings. The van der Waals surface area contributed by atoms with Gasteiger partial charge in [-0.15, -0.1) is 0 Å². The number of ether oxygens (including phenoxy) is 1. The van der Waals surface area contributed by atoms with E-state index in [1.54, 1.807) is 13.8 Å². The molecule has 19 heavy (non-hydrogen) atoms. The topological polar surface area (TPSA) is 75.6 Å². The van der Waals surface area contributed by atoms with Crippen LogP contribution in [0.25, 0.3) is 0 Å². The van der Waals surface area contributed by atoms with Crippen LogP contribution in [0.4, 0.5) is 0 Å². The average molecular weight is 308 g/mol. The molecule has 0 heterocycles. The zero-order valence-corrected chi connectivity index (χ0v) is 12.7. The predicted octanol–water partition coefficient (Wildman–Crippen LogP) is 1.79. The monoisotopic (exact) mass is 307 g/mol. The zero-order valence-electron chi connectivity index (χ0n) is 11.1. The van der Waals surface area contributed by atoms with E-state index in [2.05, 4.69) is 4.72 Å². The van der Waals surface area contributed by atoms with Crippen molar-refractivity contribution in [1.82, 2.24) is 4.72 Å². The maximum atomic E-state index is 12.0. The molecule has 0 aliphatic carbocycles. The van der Waals surface area contributed by atoms with Crippen molar-refractivity contribution >= 4 is 21.6 Å². The smallest absolute Gasteiger partial charge is 0.240 e. The van der Waals surface area contributed by atoms with Crippen LogP contribution in [0.3, 0.4) is 0 Å². The first-order chi connectivity index (χ1) is 8.72. The van der Waals surface area contributed by atoms with Crippen LogP contribution in [0.1, 0.15) is 20.3 Å². The summed E-state index contributed by atoms with van der Waals surface area (Å²) in [5.74, 6) is 0.404. The molecule has 5 nitrogen and oxygen atoms in total. The first-order valence-corrected chi connectivity index (χ1v) is 7.63. The number of sulfonamides is 1. The van der Waals surface area contributed by atoms with Gasteiger partial charge in [0, 0.05) is 6.54 Å². The molecule has 0 radical (unpaired) electrons. The number of benzene rings is 1. The van der Waals surface area contributed by atoms with Gasteiger partial charge in [0.05, 0.1) is 22.6 Å². The van der Waals surface area contributed by atoms with Crippen LogP contribution in [-0.2, 0) is 10.0 Å². The molecule has 0 amide bonds. The van der Waals surface area contributed by atoms with E-state index in [0.717, 1.165) is 0 Å². The second kappa shape index (κ2) is 6.09. The first-order valence-electron chi connectivity index (χ1n) is 5.77. The highest BCUT2D eigenvalue weighted by Crippen LogP contribution is 2.26. The van der Waals surface area contributed by atoms with Gasteiger partial charge in [-0.3, -0.25) is 0 Å². The lowest BCUT2D eigenvalue weighted by molar-refractivity contribution is 0.0613. The van der Waals surface area contributed by atoms with Crippen LogP contribution in [0, 0.1) is 0 Å². The van der Waals surface area contributed by atoms with Gasteiger partial charge in [0.25, 0.3) is 0 Å². The van der Waals surface area contributed by atoms with Crippen molar-refractivity contribution in [1.29, 1.82) is 0 Å². The molecule has 1 aromatic carbocycles. The number of methoxy groups -OCH3 is 1. The number of hydrogen-bond acceptors (Lipinski definition) is 4. The Morgan fingerprint density at radius 1 is 1.47 bits per heavy atom. The molecule has 0 saturated carbocycles. The van der Waals surface area contributed by atoms with Gasteiger partial charge in [0.15, 0.2) is 0 Å². The third kappa shape index (κ3) is 4.35. The van der Waals surface area contributed by atoms with Gasteiger partial charge >= 0.3 is 0 Å². The van der Waals surface area contributed by atoms with Crippen molar-refractivity contribution in [3.8, 4) is 5.75 Å². The fraction of sp³-hybridized carbons (Fsp3) is 0.500. The van der Waals surface area contributed by atoms with Crippen LogP contribution in [0.5, 0.6) is 5.75 Å². The molecule has 1 unspecified atom stereocenters. The Bertz CT molecular complexity index is 543. The quantitative estimate of drug-likeness (QED) is 0.840. The summed E-state index contributed by atoms with van der Waals surface area (Å²) in [7, 11) is -2.25. The Labute approximate surface area is 118 Å². The van der Waals surface area contributed by atoms with E-state index in [1.807, 2.05) is 0 Å². The number of rotatable bonds is 6. The normalized spacial score (nSPS) is 15.0. The van der Waals surface area contributed by atoms with Gasteiger partial charge in [-0.05, 0) is 31.5 Å². The van der Waals surface area contributed by atoms with Crippen molar-refractivity contribution in [3.05, 3.63) is 23.2 Å². The molecule has 2 N–H and O–H groups in total. The molecule has 7 heteroatoms. The van der Waals surface area contributed by atoms with E-state index in [0.29, 0.717) is 12.2 Å². The highest BCUT2D eigenvalue weighted by molar-refractivity contribution is 7.89. The van der Waals surface area contributed by atoms with Gasteiger partial charge in [-0.25, -0.2) is 13.1 Å². The molecule has 0 aromatic heterocycles. The number of halogens is 1. The fourth-order valence-corrected chi connectivity index (χ4v) is 2.78. The standard InChI is InChI=1S/C12H18ClNO4S/c1-4-12(2,15)8-14-19(16,17)9-5-6-11(18-3)10(13)7-9/h5-7,14-15H,4,8H2,1-3H3. The van der Waals surface area contributed by atoms with Crippen molar-refractivity contribution in [2.75, 3.05) is 13.7 Å². The van der Waals surface area contributed by atoms with Crippen LogP contribution in [-0.4, -0.2) is 32.8 Å². The summed E-state index contributed by atoms with van der Waals surface area (Å²) < 4.78 is 31.4. The summed E-state index contributed by atoms with van der Waals surface area (Å²) in [4.78, 5) is 0.0326. The Kier molecular flexibility index (Phi) is 5.20. The molecule has 108 valence electrons. The minimum absolute atomic E-state index is 0.0326. The van der Waals surface area contributed by atoms with Crippen LogP contribution < -0.4 is 9.46 Å². The summed E-state index contributed by atoms with van der Waals surface area (Å²) in [5, 5.41) is 10.0. The summed E-state index contributed by atoms with van der Waals surface area (Å²) >= 11 is 5.89. The summed E-state index contributed by atoms with van der Waals surface area (Å²) in [5.41, 5.74) is -1.08. The fourth-order valence-electron chi connectivity index (χ4n) is 1.27. The second-order valence-electron chi connectivity index (χ2n) is 4.47. The summed E-state index contributed by atoms with van der Waals surface area (Å²) in [6.45, 7) is 3.28. The van der Waals surface area contributed by atoms with Crippen LogP contribution in [0.15, 0.2) is 23.1 Å². The molecule has 0 spiro atoms. The number of hydrogen-bond donors (Lipinski definition) is 2. The van der Waals surface area contributed by atoms with Gasteiger partial charge in [-0.2, -0.15) is 0 Å². The van der Waals surface area contributed by atoms with E-state index in [9.17, 15) is 13.5 Å². The molecule has 0 aliphatic rings. The maximum Gasteiger partial charge on any atom is 0.240 e. The third-order valence-corrected chi connectivity index (χ3v) is 4.53. The van der Waals surface area contributed by atoms with E-state index in [-0.39, 0.29) is 16.5 Å². The van der Waals surface area contributed by atoms with E-state index >= 15 is 0 Å². The Balaban J connectivity index is 2.92. The van der Waals surface area contributed by atoms with E-state index in [1.165, 1.54) is 25.3 Å². The van der Waals surface area contributed by atoms with Crippen molar-refractivity contribution in [2.24, 2.45) is 0 Å². The Morgan fingerprint density at radius 2 is 2.11 bits per heavy atom. The van der Waals surface area contributed by atoms with Crippen molar-refractivity contribution in [3.63, 3.8) is 0 Å². The van der Waals surface area contributed by atoms with Gasteiger partial charge in [0.2, 0.25) is 10.0 Å². The lowest BCUT2D eigenvalue weighted by Crippen LogP contribution is -2.40. The number of nitrogens with one attached hydrogen (secondary N) is 1. The lowest BCUT2D eigenvalue weighted by Gasteiger charge is -2.21. The molecule has 1 rings (SSSR count). The minimum Gasteiger partial charge on any atom is -0.495 e. The average Bonchev–Trinajstić information content (AvgIpc) is 2.36. The Hall–Kier alpha value is -0.820. The van der Waals surface area contributed by atoms with Gasteiger partial charge < -0.3 is 9.84 Å². The minimum atomic E-state index is -3.70. The largest absolute Gasteiger partial charge is 0.495 e. The van der Waals surface area contributed by atoms with E-state index in [4.69, 9.17) is 16.3 Å². The van der Waals surface area contributed by atoms with Crippen molar-refractivity contribution < 1.29 is 18.3 Å². The van der Waals surface area contributed by atoms with Crippen LogP contribution in [0.2, 0.25) is 5.02 Å². The molecular formula is C12H18ClNO4S.